The monoisotopic (exact) mass is 607 g/mol. The molecule has 1 aliphatic heterocycles. The van der Waals surface area contributed by atoms with Gasteiger partial charge in [0, 0.05) is 29.7 Å². The first-order valence-electron chi connectivity index (χ1n) is 12.4. The SMILES string of the molecule is Cc1cc(Oc2c(C(F)(F)F)oc3c(CN4CCOCC4)c(OC(=O)c4ccc(Cl)cc4)ccc3c2=O)ccc1Cl. The second-order valence-corrected chi connectivity index (χ2v) is 10.1. The van der Waals surface area contributed by atoms with Crippen LogP contribution in [0, 0.1) is 6.92 Å². The van der Waals surface area contributed by atoms with Gasteiger partial charge in [0.1, 0.15) is 17.1 Å². The first kappa shape index (κ1) is 28.9. The van der Waals surface area contributed by atoms with E-state index in [1.54, 1.807) is 6.92 Å². The number of nitrogens with zero attached hydrogens (tertiary/aromatic N) is 1. The van der Waals surface area contributed by atoms with Crippen LogP contribution in [0.1, 0.15) is 27.2 Å². The zero-order valence-corrected chi connectivity index (χ0v) is 23.0. The second kappa shape index (κ2) is 11.7. The molecule has 214 valence electrons. The van der Waals surface area contributed by atoms with Gasteiger partial charge < -0.3 is 18.6 Å². The molecule has 0 radical (unpaired) electrons. The van der Waals surface area contributed by atoms with Gasteiger partial charge in [-0.1, -0.05) is 23.2 Å². The average Bonchev–Trinajstić information content (AvgIpc) is 2.93. The zero-order valence-electron chi connectivity index (χ0n) is 21.5. The third-order valence-corrected chi connectivity index (χ3v) is 7.13. The Labute approximate surface area is 241 Å². The summed E-state index contributed by atoms with van der Waals surface area (Å²) in [6, 6.07) is 12.7. The van der Waals surface area contributed by atoms with Crippen LogP contribution in [0.4, 0.5) is 13.2 Å². The number of carbonyl (C=O) groups is 1. The quantitative estimate of drug-likeness (QED) is 0.168. The molecule has 0 unspecified atom stereocenters. The minimum absolute atomic E-state index is 0.0221. The van der Waals surface area contributed by atoms with E-state index in [0.717, 1.165) is 0 Å². The summed E-state index contributed by atoms with van der Waals surface area (Å²) in [6.07, 6.45) is -5.09. The molecule has 3 aromatic carbocycles. The molecule has 0 saturated carbocycles. The molecule has 1 saturated heterocycles. The van der Waals surface area contributed by atoms with Crippen molar-refractivity contribution in [3.63, 3.8) is 0 Å². The average molecular weight is 608 g/mol. The van der Waals surface area contributed by atoms with Crippen molar-refractivity contribution in [2.24, 2.45) is 0 Å². The number of morpholine rings is 1. The standard InChI is InChI=1S/C29H22Cl2F3NO6/c1-16-14-19(6-8-22(16)31)39-26-24(36)20-7-9-23(40-28(37)17-2-4-18(30)5-3-17)21(15-35-10-12-38-13-11-35)25(20)41-27(26)29(32,33)34/h2-9,14H,10-13,15H2,1H3. The first-order chi connectivity index (χ1) is 19.5. The predicted octanol–water partition coefficient (Wildman–Crippen LogP) is 7.27. The van der Waals surface area contributed by atoms with E-state index >= 15 is 0 Å². The highest BCUT2D eigenvalue weighted by molar-refractivity contribution is 6.31. The molecule has 0 amide bonds. The molecule has 0 bridgehead atoms. The maximum absolute atomic E-state index is 14.3. The number of hydrogen-bond donors (Lipinski definition) is 0. The van der Waals surface area contributed by atoms with Crippen LogP contribution in [-0.2, 0) is 17.5 Å². The van der Waals surface area contributed by atoms with E-state index in [4.69, 9.17) is 41.8 Å². The van der Waals surface area contributed by atoms with E-state index in [9.17, 15) is 22.8 Å². The Bertz CT molecular complexity index is 1660. The fourth-order valence-electron chi connectivity index (χ4n) is 4.33. The molecule has 2 heterocycles. The van der Waals surface area contributed by atoms with Crippen LogP contribution in [-0.4, -0.2) is 37.2 Å². The van der Waals surface area contributed by atoms with Gasteiger partial charge in [-0.25, -0.2) is 4.79 Å². The van der Waals surface area contributed by atoms with Crippen molar-refractivity contribution in [2.45, 2.75) is 19.6 Å². The number of alkyl halides is 3. The van der Waals surface area contributed by atoms with Gasteiger partial charge in [-0.05, 0) is 67.1 Å². The largest absolute Gasteiger partial charge is 0.453 e. The number of fused-ring (bicyclic) bond motifs is 1. The van der Waals surface area contributed by atoms with Crippen LogP contribution in [0.25, 0.3) is 11.0 Å². The van der Waals surface area contributed by atoms with Crippen LogP contribution in [0.5, 0.6) is 17.2 Å². The van der Waals surface area contributed by atoms with Crippen molar-refractivity contribution < 1.29 is 36.6 Å². The normalized spacial score (nSPS) is 14.3. The topological polar surface area (TPSA) is 78.2 Å². The minimum Gasteiger partial charge on any atom is -0.449 e. The van der Waals surface area contributed by atoms with Gasteiger partial charge in [0.25, 0.3) is 5.76 Å². The summed E-state index contributed by atoms with van der Waals surface area (Å²) < 4.78 is 64.8. The Hall–Kier alpha value is -3.57. The van der Waals surface area contributed by atoms with Crippen LogP contribution in [0.3, 0.4) is 0 Å². The number of esters is 1. The molecule has 0 N–H and O–H groups in total. The highest BCUT2D eigenvalue weighted by Crippen LogP contribution is 2.40. The van der Waals surface area contributed by atoms with Crippen molar-refractivity contribution in [1.82, 2.24) is 4.90 Å². The van der Waals surface area contributed by atoms with Crippen molar-refractivity contribution in [2.75, 3.05) is 26.3 Å². The number of ether oxygens (including phenoxy) is 3. The Morgan fingerprint density at radius 2 is 1.73 bits per heavy atom. The molecule has 1 fully saturated rings. The van der Waals surface area contributed by atoms with E-state index in [0.29, 0.717) is 41.9 Å². The number of aryl methyl sites for hydroxylation is 1. The highest BCUT2D eigenvalue weighted by atomic mass is 35.5. The molecular weight excluding hydrogens is 586 g/mol. The zero-order chi connectivity index (χ0) is 29.3. The van der Waals surface area contributed by atoms with E-state index in [1.165, 1.54) is 54.6 Å². The fourth-order valence-corrected chi connectivity index (χ4v) is 4.57. The molecule has 12 heteroatoms. The van der Waals surface area contributed by atoms with Crippen LogP contribution >= 0.6 is 23.2 Å². The lowest BCUT2D eigenvalue weighted by Crippen LogP contribution is -2.36. The Morgan fingerprint density at radius 3 is 2.39 bits per heavy atom. The van der Waals surface area contributed by atoms with Crippen molar-refractivity contribution in [3.05, 3.63) is 97.3 Å². The maximum atomic E-state index is 14.3. The first-order valence-corrected chi connectivity index (χ1v) is 13.2. The van der Waals surface area contributed by atoms with E-state index in [2.05, 4.69) is 0 Å². The number of halogens is 5. The lowest BCUT2D eigenvalue weighted by molar-refractivity contribution is -0.154. The summed E-state index contributed by atoms with van der Waals surface area (Å²) in [5.41, 5.74) is -0.586. The molecule has 5 rings (SSSR count). The molecule has 41 heavy (non-hydrogen) atoms. The summed E-state index contributed by atoms with van der Waals surface area (Å²) in [5.74, 6) is -3.48. The lowest BCUT2D eigenvalue weighted by Gasteiger charge is -2.27. The second-order valence-electron chi connectivity index (χ2n) is 9.30. The summed E-state index contributed by atoms with van der Waals surface area (Å²) >= 11 is 11.9. The van der Waals surface area contributed by atoms with Crippen LogP contribution in [0.2, 0.25) is 10.0 Å². The van der Waals surface area contributed by atoms with Crippen molar-refractivity contribution in [1.29, 1.82) is 0 Å². The van der Waals surface area contributed by atoms with Gasteiger partial charge in [-0.2, -0.15) is 13.2 Å². The molecule has 7 nitrogen and oxygen atoms in total. The van der Waals surface area contributed by atoms with Gasteiger partial charge in [0.2, 0.25) is 11.2 Å². The summed E-state index contributed by atoms with van der Waals surface area (Å²) in [7, 11) is 0. The number of carbonyl (C=O) groups excluding carboxylic acids is 1. The molecule has 0 atom stereocenters. The number of rotatable bonds is 6. The maximum Gasteiger partial charge on any atom is 0.453 e. The molecule has 0 spiro atoms. The Kier molecular flexibility index (Phi) is 8.28. The summed E-state index contributed by atoms with van der Waals surface area (Å²) in [5, 5.41) is 0.620. The smallest absolute Gasteiger partial charge is 0.449 e. The third kappa shape index (κ3) is 6.36. The van der Waals surface area contributed by atoms with Gasteiger partial charge in [-0.15, -0.1) is 0 Å². The van der Waals surface area contributed by atoms with E-state index in [-0.39, 0.29) is 40.1 Å². The van der Waals surface area contributed by atoms with Gasteiger partial charge in [0.05, 0.1) is 29.7 Å². The third-order valence-electron chi connectivity index (χ3n) is 6.45. The highest BCUT2D eigenvalue weighted by Gasteiger charge is 2.41. The molecular formula is C29H22Cl2F3NO6. The van der Waals surface area contributed by atoms with Crippen LogP contribution < -0.4 is 14.9 Å². The Balaban J connectivity index is 1.65. The fraction of sp³-hybridized carbons (Fsp3) is 0.241. The summed E-state index contributed by atoms with van der Waals surface area (Å²) in [6.45, 7) is 3.42. The molecule has 1 aliphatic rings. The van der Waals surface area contributed by atoms with Crippen LogP contribution in [0.15, 0.2) is 63.8 Å². The van der Waals surface area contributed by atoms with Crippen molar-refractivity contribution in [3.8, 4) is 17.2 Å². The lowest BCUT2D eigenvalue weighted by atomic mass is 10.1. The molecule has 1 aromatic heterocycles. The van der Waals surface area contributed by atoms with E-state index < -0.39 is 29.1 Å². The minimum atomic E-state index is -5.09. The van der Waals surface area contributed by atoms with E-state index in [1.807, 2.05) is 4.90 Å². The number of benzene rings is 3. The van der Waals surface area contributed by atoms with Crippen molar-refractivity contribution >= 4 is 40.1 Å². The summed E-state index contributed by atoms with van der Waals surface area (Å²) in [4.78, 5) is 28.3. The van der Waals surface area contributed by atoms with Gasteiger partial charge in [-0.3, -0.25) is 9.69 Å². The van der Waals surface area contributed by atoms with Gasteiger partial charge >= 0.3 is 12.1 Å². The Morgan fingerprint density at radius 1 is 1.02 bits per heavy atom. The predicted molar refractivity (Wildman–Crippen MR) is 146 cm³/mol. The molecule has 0 aliphatic carbocycles. The van der Waals surface area contributed by atoms with Gasteiger partial charge in [0.15, 0.2) is 0 Å². The number of hydrogen-bond acceptors (Lipinski definition) is 7. The molecule has 4 aromatic rings.